The zero-order valence-corrected chi connectivity index (χ0v) is 15.4. The van der Waals surface area contributed by atoms with Crippen molar-refractivity contribution in [1.29, 1.82) is 0 Å². The summed E-state index contributed by atoms with van der Waals surface area (Å²) < 4.78 is 0. The monoisotopic (exact) mass is 402 g/mol. The summed E-state index contributed by atoms with van der Waals surface area (Å²) in [5.41, 5.74) is 0.911. The number of amides is 4. The Labute approximate surface area is 164 Å². The number of hydrogen-bond donors (Lipinski definition) is 0. The second-order valence-electron chi connectivity index (χ2n) is 6.20. The maximum absolute atomic E-state index is 12.5. The van der Waals surface area contributed by atoms with Crippen LogP contribution in [0.4, 0.5) is 0 Å². The molecule has 4 amide bonds. The first-order chi connectivity index (χ1) is 12.9. The Kier molecular flexibility index (Phi) is 4.25. The molecular weight excluding hydrogens is 391 g/mol. The van der Waals surface area contributed by atoms with E-state index >= 15 is 0 Å². The number of benzene rings is 2. The van der Waals surface area contributed by atoms with Gasteiger partial charge in [-0.05, 0) is 30.7 Å². The summed E-state index contributed by atoms with van der Waals surface area (Å²) in [6, 6.07) is 9.42. The molecular formula is C19H12Cl2N2O4. The Balaban J connectivity index is 1.46. The average Bonchev–Trinajstić information content (AvgIpc) is 3.03. The number of carbonyl (C=O) groups is 4. The van der Waals surface area contributed by atoms with Crippen molar-refractivity contribution in [3.63, 3.8) is 0 Å². The molecule has 4 rings (SSSR count). The lowest BCUT2D eigenvalue weighted by Gasteiger charge is -2.17. The van der Waals surface area contributed by atoms with Gasteiger partial charge in [-0.3, -0.25) is 29.0 Å². The van der Waals surface area contributed by atoms with Crippen LogP contribution >= 0.6 is 23.2 Å². The molecule has 0 radical (unpaired) electrons. The summed E-state index contributed by atoms with van der Waals surface area (Å²) in [6.45, 7) is 0.146. The third-order valence-corrected chi connectivity index (χ3v) is 5.29. The van der Waals surface area contributed by atoms with Crippen molar-refractivity contribution >= 4 is 46.8 Å². The first-order valence-corrected chi connectivity index (χ1v) is 8.97. The van der Waals surface area contributed by atoms with E-state index < -0.39 is 23.6 Å². The predicted molar refractivity (Wildman–Crippen MR) is 98.3 cm³/mol. The van der Waals surface area contributed by atoms with Gasteiger partial charge in [-0.1, -0.05) is 35.3 Å². The van der Waals surface area contributed by atoms with E-state index in [1.807, 2.05) is 0 Å². The van der Waals surface area contributed by atoms with Gasteiger partial charge in [-0.2, -0.15) is 0 Å². The molecule has 0 spiro atoms. The third kappa shape index (κ3) is 2.64. The maximum atomic E-state index is 12.5. The molecule has 2 aromatic carbocycles. The van der Waals surface area contributed by atoms with E-state index in [9.17, 15) is 19.2 Å². The number of hydrogen-bond acceptors (Lipinski definition) is 4. The van der Waals surface area contributed by atoms with Crippen LogP contribution in [0, 0.1) is 0 Å². The van der Waals surface area contributed by atoms with Crippen molar-refractivity contribution in [2.45, 2.75) is 6.42 Å². The normalized spacial score (nSPS) is 15.6. The van der Waals surface area contributed by atoms with Gasteiger partial charge in [0.15, 0.2) is 0 Å². The van der Waals surface area contributed by atoms with E-state index in [0.717, 1.165) is 9.80 Å². The van der Waals surface area contributed by atoms with E-state index in [1.165, 1.54) is 0 Å². The molecule has 0 aromatic heterocycles. The van der Waals surface area contributed by atoms with Gasteiger partial charge in [0.05, 0.1) is 32.3 Å². The van der Waals surface area contributed by atoms with Crippen molar-refractivity contribution in [2.75, 3.05) is 13.1 Å². The second kappa shape index (κ2) is 6.48. The molecule has 2 aliphatic heterocycles. The minimum absolute atomic E-state index is 0.0732. The molecule has 6 nitrogen and oxygen atoms in total. The minimum atomic E-state index is -0.467. The highest BCUT2D eigenvalue weighted by Gasteiger charge is 2.39. The van der Waals surface area contributed by atoms with Crippen molar-refractivity contribution in [3.05, 3.63) is 68.7 Å². The quantitative estimate of drug-likeness (QED) is 0.735. The van der Waals surface area contributed by atoms with Crippen LogP contribution in [0.3, 0.4) is 0 Å². The zero-order valence-electron chi connectivity index (χ0n) is 13.9. The van der Waals surface area contributed by atoms with Gasteiger partial charge in [0.2, 0.25) is 0 Å². The molecule has 2 aromatic rings. The number of halogens is 2. The lowest BCUT2D eigenvalue weighted by Crippen LogP contribution is -2.35. The molecule has 8 heteroatoms. The van der Waals surface area contributed by atoms with Gasteiger partial charge in [-0.25, -0.2) is 0 Å². The Morgan fingerprint density at radius 1 is 0.630 bits per heavy atom. The van der Waals surface area contributed by atoms with Crippen LogP contribution < -0.4 is 0 Å². The minimum Gasteiger partial charge on any atom is -0.274 e. The summed E-state index contributed by atoms with van der Waals surface area (Å²) >= 11 is 12.1. The molecule has 0 fully saturated rings. The van der Waals surface area contributed by atoms with Crippen molar-refractivity contribution in [2.24, 2.45) is 0 Å². The molecule has 0 saturated heterocycles. The van der Waals surface area contributed by atoms with Gasteiger partial charge >= 0.3 is 0 Å². The fraction of sp³-hybridized carbons (Fsp3) is 0.158. The first kappa shape index (κ1) is 17.7. The second-order valence-corrected chi connectivity index (χ2v) is 7.02. The van der Waals surface area contributed by atoms with Crippen LogP contribution in [0.15, 0.2) is 36.4 Å². The summed E-state index contributed by atoms with van der Waals surface area (Å²) in [6.07, 6.45) is 0.256. The molecule has 27 heavy (non-hydrogen) atoms. The largest absolute Gasteiger partial charge is 0.274 e. The molecule has 2 heterocycles. The van der Waals surface area contributed by atoms with Crippen LogP contribution in [0.2, 0.25) is 10.0 Å². The van der Waals surface area contributed by atoms with Crippen molar-refractivity contribution in [1.82, 2.24) is 9.80 Å². The summed E-state index contributed by atoms with van der Waals surface area (Å²) in [4.78, 5) is 51.9. The van der Waals surface area contributed by atoms with Gasteiger partial charge in [0.25, 0.3) is 23.6 Å². The van der Waals surface area contributed by atoms with Crippen molar-refractivity contribution in [3.8, 4) is 0 Å². The summed E-state index contributed by atoms with van der Waals surface area (Å²) in [5.74, 6) is -1.79. The SMILES string of the molecule is O=C1c2cccc(Cl)c2C(=O)N1CCCN1C(=O)c2cccc(Cl)c2C1=O. The Bertz CT molecular complexity index is 953. The van der Waals surface area contributed by atoms with Crippen LogP contribution in [0.5, 0.6) is 0 Å². The molecule has 0 atom stereocenters. The fourth-order valence-corrected chi connectivity index (χ4v) is 3.89. The first-order valence-electron chi connectivity index (χ1n) is 8.21. The highest BCUT2D eigenvalue weighted by molar-refractivity contribution is 6.37. The van der Waals surface area contributed by atoms with Crippen LogP contribution in [-0.2, 0) is 0 Å². The third-order valence-electron chi connectivity index (χ3n) is 4.66. The molecule has 0 saturated carbocycles. The van der Waals surface area contributed by atoms with Crippen LogP contribution in [0.25, 0.3) is 0 Å². The van der Waals surface area contributed by atoms with Crippen molar-refractivity contribution < 1.29 is 19.2 Å². The molecule has 0 bridgehead atoms. The van der Waals surface area contributed by atoms with E-state index in [0.29, 0.717) is 0 Å². The molecule has 136 valence electrons. The predicted octanol–water partition coefficient (Wildman–Crippen LogP) is 3.28. The van der Waals surface area contributed by atoms with Gasteiger partial charge < -0.3 is 0 Å². The molecule has 0 unspecified atom stereocenters. The number of fused-ring (bicyclic) bond motifs is 2. The number of imide groups is 2. The van der Waals surface area contributed by atoms with Crippen LogP contribution in [0.1, 0.15) is 47.9 Å². The highest BCUT2D eigenvalue weighted by atomic mass is 35.5. The van der Waals surface area contributed by atoms with Crippen LogP contribution in [-0.4, -0.2) is 46.5 Å². The molecule has 0 aliphatic carbocycles. The number of nitrogens with zero attached hydrogens (tertiary/aromatic N) is 2. The zero-order chi connectivity index (χ0) is 19.3. The smallest absolute Gasteiger partial charge is 0.263 e. The summed E-state index contributed by atoms with van der Waals surface area (Å²) in [5, 5.41) is 0.451. The standard InChI is InChI=1S/C19H12Cl2N2O4/c20-12-6-1-4-10-14(12)18(26)22(16(10)24)8-3-9-23-17(25)11-5-2-7-13(21)15(11)19(23)27/h1-2,4-7H,3,8-9H2. The lowest BCUT2D eigenvalue weighted by atomic mass is 10.1. The average molecular weight is 403 g/mol. The van der Waals surface area contributed by atoms with E-state index in [1.54, 1.807) is 36.4 Å². The Morgan fingerprint density at radius 2 is 1.04 bits per heavy atom. The van der Waals surface area contributed by atoms with E-state index in [4.69, 9.17) is 23.2 Å². The Hall–Kier alpha value is -2.70. The topological polar surface area (TPSA) is 74.8 Å². The molecule has 0 N–H and O–H groups in total. The number of carbonyl (C=O) groups excluding carboxylic acids is 4. The summed E-state index contributed by atoms with van der Waals surface area (Å²) in [7, 11) is 0. The van der Waals surface area contributed by atoms with E-state index in [-0.39, 0.29) is 51.8 Å². The highest BCUT2D eigenvalue weighted by Crippen LogP contribution is 2.31. The Morgan fingerprint density at radius 3 is 1.41 bits per heavy atom. The van der Waals surface area contributed by atoms with Gasteiger partial charge in [0, 0.05) is 13.1 Å². The molecule has 2 aliphatic rings. The van der Waals surface area contributed by atoms with Gasteiger partial charge in [-0.15, -0.1) is 0 Å². The fourth-order valence-electron chi connectivity index (χ4n) is 3.38. The van der Waals surface area contributed by atoms with Gasteiger partial charge in [0.1, 0.15) is 0 Å². The lowest BCUT2D eigenvalue weighted by molar-refractivity contribution is 0.0627. The van der Waals surface area contributed by atoms with E-state index in [2.05, 4.69) is 0 Å². The maximum Gasteiger partial charge on any atom is 0.263 e. The number of rotatable bonds is 4.